The molecule has 0 aliphatic heterocycles. The second-order valence-electron chi connectivity index (χ2n) is 11.0. The van der Waals surface area contributed by atoms with E-state index in [1.54, 1.807) is 0 Å². The average molecular weight is 691 g/mol. The molecule has 43 heavy (non-hydrogen) atoms. The van der Waals surface area contributed by atoms with Gasteiger partial charge in [-0.3, -0.25) is 13.7 Å². The first-order valence-electron chi connectivity index (χ1n) is 14.5. The molecule has 0 fully saturated rings. The maximum Gasteiger partial charge on any atom is 3.00 e. The first-order chi connectivity index (χ1) is 19.0. The summed E-state index contributed by atoms with van der Waals surface area (Å²) >= 11 is 0. The molecule has 0 rings (SSSR count). The summed E-state index contributed by atoms with van der Waals surface area (Å²) in [5, 5.41) is 31.6. The Balaban J connectivity index is -0.000000262. The molecule has 0 bridgehead atoms. The van der Waals surface area contributed by atoms with Crippen molar-refractivity contribution in [3.8, 4) is 0 Å². The second kappa shape index (κ2) is 23.8. The van der Waals surface area contributed by atoms with Crippen LogP contribution >= 0.6 is 22.1 Å². The van der Waals surface area contributed by atoms with Crippen molar-refractivity contribution in [1.82, 2.24) is 0 Å². The van der Waals surface area contributed by atoms with Crippen molar-refractivity contribution in [1.29, 1.82) is 0 Å². The monoisotopic (exact) mass is 690 g/mol. The molecule has 0 amide bonds. The van der Waals surface area contributed by atoms with Crippen LogP contribution in [0.15, 0.2) is 0 Å². The first-order valence-corrected chi connectivity index (χ1v) is 20.3. The Morgan fingerprint density at radius 3 is 0.791 bits per heavy atom. The maximum atomic E-state index is 11.7. The van der Waals surface area contributed by atoms with Crippen molar-refractivity contribution in [3.63, 3.8) is 0 Å². The van der Waals surface area contributed by atoms with Crippen LogP contribution in [0.2, 0.25) is 0 Å². The number of carbonyl (C=O) groups excluding carboxylic acids is 3. The van der Waals surface area contributed by atoms with Crippen molar-refractivity contribution < 1.29 is 58.1 Å². The number of carboxylic acids is 3. The summed E-state index contributed by atoms with van der Waals surface area (Å²) in [5.74, 6) is -6.40. The van der Waals surface area contributed by atoms with Gasteiger partial charge in [0.2, 0.25) is 22.1 Å². The van der Waals surface area contributed by atoms with E-state index < -0.39 is 74.7 Å². The standard InChI is InChI=1S/3C9H19O4P.Al/c3*1-4-5-6-14(12,13)8(3)7(2)9(10)11;/h3*7-8H,4-6H2,1-3H3,(H,10,11)(H,12,13);/q;;;+3/p-3. The van der Waals surface area contributed by atoms with Gasteiger partial charge in [0.15, 0.2) is 0 Å². The van der Waals surface area contributed by atoms with Gasteiger partial charge in [-0.15, -0.1) is 0 Å². The predicted molar refractivity (Wildman–Crippen MR) is 165 cm³/mol. The van der Waals surface area contributed by atoms with Gasteiger partial charge in [0.25, 0.3) is 0 Å². The van der Waals surface area contributed by atoms with Crippen molar-refractivity contribution in [2.24, 2.45) is 17.8 Å². The largest absolute Gasteiger partial charge is 3.00 e. The molecule has 9 unspecified atom stereocenters. The van der Waals surface area contributed by atoms with E-state index in [0.717, 1.165) is 19.3 Å². The molecular weight excluding hydrogens is 636 g/mol. The Labute approximate surface area is 268 Å². The van der Waals surface area contributed by atoms with Crippen LogP contribution < -0.4 is 15.3 Å². The van der Waals surface area contributed by atoms with Crippen LogP contribution in [0.25, 0.3) is 0 Å². The van der Waals surface area contributed by atoms with Gasteiger partial charge in [-0.2, -0.15) is 0 Å². The number of unbranched alkanes of at least 4 members (excludes halogenated alkanes) is 3. The van der Waals surface area contributed by atoms with Gasteiger partial charge in [-0.05, 0) is 19.3 Å². The number of hydrogen-bond donors (Lipinski definition) is 3. The van der Waals surface area contributed by atoms with Gasteiger partial charge >= 0.3 is 17.4 Å². The summed E-state index contributed by atoms with van der Waals surface area (Å²) in [6.07, 6.45) is 5.03. The normalized spacial score (nSPS) is 19.3. The van der Waals surface area contributed by atoms with Gasteiger partial charge < -0.3 is 44.4 Å². The van der Waals surface area contributed by atoms with Crippen LogP contribution in [-0.4, -0.2) is 85.4 Å². The molecule has 0 spiro atoms. The summed E-state index contributed by atoms with van der Waals surface area (Å²) in [6.45, 7) is 14.5. The van der Waals surface area contributed by atoms with E-state index in [2.05, 4.69) is 0 Å². The van der Waals surface area contributed by atoms with Gasteiger partial charge in [-0.25, -0.2) is 0 Å². The molecule has 0 aromatic carbocycles. The fourth-order valence-corrected chi connectivity index (χ4v) is 9.40. The van der Waals surface area contributed by atoms with E-state index in [1.165, 1.54) is 41.5 Å². The SMILES string of the molecule is CCCCP(=O)(O)C(C)C(C)C(=O)[O-].CCCCP(=O)(O)C(C)C(C)C(=O)[O-].CCCCP(=O)(O)C(C)C(C)C(=O)[O-].[Al+3]. The molecule has 0 aliphatic carbocycles. The Kier molecular flexibility index (Phi) is 27.3. The van der Waals surface area contributed by atoms with Crippen LogP contribution in [-0.2, 0) is 28.1 Å². The molecule has 0 aromatic heterocycles. The Hall–Kier alpha value is -0.488. The topological polar surface area (TPSA) is 232 Å². The van der Waals surface area contributed by atoms with Crippen LogP contribution in [0, 0.1) is 17.8 Å². The average Bonchev–Trinajstić information content (AvgIpc) is 2.91. The minimum atomic E-state index is -3.33. The molecule has 0 heterocycles. The summed E-state index contributed by atoms with van der Waals surface area (Å²) in [6, 6.07) is 0. The zero-order chi connectivity index (χ0) is 34.1. The molecular formula is C27H54AlO12P3. The smallest absolute Gasteiger partial charge is 0.550 e. The maximum absolute atomic E-state index is 11.7. The Morgan fingerprint density at radius 2 is 0.674 bits per heavy atom. The van der Waals surface area contributed by atoms with E-state index in [9.17, 15) is 58.1 Å². The number of carbonyl (C=O) groups is 3. The minimum absolute atomic E-state index is 0. The summed E-state index contributed by atoms with van der Waals surface area (Å²) in [4.78, 5) is 60.3. The van der Waals surface area contributed by atoms with Gasteiger partial charge in [0, 0.05) is 71.1 Å². The van der Waals surface area contributed by atoms with E-state index in [-0.39, 0.29) is 35.8 Å². The number of aliphatic carboxylic acids is 3. The number of carboxylic acid groups (broad SMARTS) is 3. The van der Waals surface area contributed by atoms with Gasteiger partial charge in [0.05, 0.1) is 0 Å². The quantitative estimate of drug-likeness (QED) is 0.139. The van der Waals surface area contributed by atoms with Crippen molar-refractivity contribution >= 4 is 57.4 Å². The van der Waals surface area contributed by atoms with Crippen molar-refractivity contribution in [2.75, 3.05) is 18.5 Å². The third-order valence-electron chi connectivity index (χ3n) is 7.69. The zero-order valence-electron chi connectivity index (χ0n) is 27.3. The van der Waals surface area contributed by atoms with Crippen molar-refractivity contribution in [3.05, 3.63) is 0 Å². The molecule has 0 radical (unpaired) electrons. The Bertz CT molecular complexity index is 843. The third kappa shape index (κ3) is 20.3. The molecule has 0 aromatic rings. The molecule has 16 heteroatoms. The second-order valence-corrected chi connectivity index (χ2v) is 19.4. The minimum Gasteiger partial charge on any atom is -0.550 e. The fourth-order valence-electron chi connectivity index (χ4n) is 3.40. The summed E-state index contributed by atoms with van der Waals surface area (Å²) in [5.41, 5.74) is -2.17. The first kappa shape index (κ1) is 49.4. The number of rotatable bonds is 18. The van der Waals surface area contributed by atoms with E-state index in [0.29, 0.717) is 19.3 Å². The van der Waals surface area contributed by atoms with Gasteiger partial charge in [0.1, 0.15) is 0 Å². The number of hydrogen-bond acceptors (Lipinski definition) is 9. The Morgan fingerprint density at radius 1 is 0.512 bits per heavy atom. The molecule has 12 nitrogen and oxygen atoms in total. The summed E-state index contributed by atoms with van der Waals surface area (Å²) in [7, 11) is -9.99. The fraction of sp³-hybridized carbons (Fsp3) is 0.889. The zero-order valence-corrected chi connectivity index (χ0v) is 31.1. The van der Waals surface area contributed by atoms with Crippen molar-refractivity contribution in [2.45, 2.75) is 118 Å². The van der Waals surface area contributed by atoms with E-state index >= 15 is 0 Å². The van der Waals surface area contributed by atoms with Crippen LogP contribution in [0.5, 0.6) is 0 Å². The third-order valence-corrected chi connectivity index (χ3v) is 15.7. The molecule has 252 valence electrons. The van der Waals surface area contributed by atoms with Crippen LogP contribution in [0.4, 0.5) is 0 Å². The van der Waals surface area contributed by atoms with E-state index in [1.807, 2.05) is 20.8 Å². The molecule has 0 saturated heterocycles. The molecule has 3 N–H and O–H groups in total. The predicted octanol–water partition coefficient (Wildman–Crippen LogP) is 2.11. The van der Waals surface area contributed by atoms with E-state index in [4.69, 9.17) is 0 Å². The molecule has 0 saturated carbocycles. The van der Waals surface area contributed by atoms with Crippen LogP contribution in [0.1, 0.15) is 101 Å². The molecule has 9 atom stereocenters. The van der Waals surface area contributed by atoms with Crippen LogP contribution in [0.3, 0.4) is 0 Å². The van der Waals surface area contributed by atoms with Gasteiger partial charge in [-0.1, -0.05) is 81.6 Å². The summed E-state index contributed by atoms with van der Waals surface area (Å²) < 4.78 is 35.0. The molecule has 0 aliphatic rings.